The topological polar surface area (TPSA) is 58.6 Å². The van der Waals surface area contributed by atoms with Crippen molar-refractivity contribution in [1.82, 2.24) is 15.2 Å². The lowest BCUT2D eigenvalue weighted by molar-refractivity contribution is 0.0982. The van der Waals surface area contributed by atoms with E-state index in [9.17, 15) is 13.6 Å². The van der Waals surface area contributed by atoms with Gasteiger partial charge in [0.25, 0.3) is 0 Å². The number of Topliss-reactive ketones (excluding diaryl/α,β-unsaturated/α-hetero) is 1. The van der Waals surface area contributed by atoms with Gasteiger partial charge < -0.3 is 0 Å². The monoisotopic (exact) mass is 385 g/mol. The maximum absolute atomic E-state index is 12.9. The van der Waals surface area contributed by atoms with Gasteiger partial charge in [0.05, 0.1) is 0 Å². The van der Waals surface area contributed by atoms with Gasteiger partial charge in [0.15, 0.2) is 5.78 Å². The SMILES string of the molecule is O=C(CCCSc1n[nH]c(/C=C/c2ccc(F)cc2)n1)c1ccc(F)cc1. The maximum Gasteiger partial charge on any atom is 0.208 e. The van der Waals surface area contributed by atoms with Gasteiger partial charge in [-0.15, -0.1) is 5.10 Å². The van der Waals surface area contributed by atoms with Crippen molar-refractivity contribution in [1.29, 1.82) is 0 Å². The molecule has 27 heavy (non-hydrogen) atoms. The van der Waals surface area contributed by atoms with E-state index in [2.05, 4.69) is 15.2 Å². The molecule has 0 aliphatic carbocycles. The van der Waals surface area contributed by atoms with Gasteiger partial charge in [0.2, 0.25) is 5.16 Å². The first kappa shape index (κ1) is 19.0. The number of benzene rings is 2. The Morgan fingerprint density at radius 2 is 1.67 bits per heavy atom. The minimum atomic E-state index is -0.351. The molecule has 0 radical (unpaired) electrons. The Bertz CT molecular complexity index is 921. The number of aromatic nitrogens is 3. The summed E-state index contributed by atoms with van der Waals surface area (Å²) in [6, 6.07) is 11.7. The van der Waals surface area contributed by atoms with Crippen molar-refractivity contribution in [2.75, 3.05) is 5.75 Å². The smallest absolute Gasteiger partial charge is 0.208 e. The van der Waals surface area contributed by atoms with Crippen molar-refractivity contribution in [2.24, 2.45) is 0 Å². The molecule has 0 atom stereocenters. The van der Waals surface area contributed by atoms with Crippen molar-refractivity contribution in [2.45, 2.75) is 18.0 Å². The summed E-state index contributed by atoms with van der Waals surface area (Å²) in [5.74, 6) is 0.670. The van der Waals surface area contributed by atoms with E-state index in [1.165, 1.54) is 48.2 Å². The van der Waals surface area contributed by atoms with E-state index in [0.717, 1.165) is 5.56 Å². The molecule has 2 aromatic carbocycles. The summed E-state index contributed by atoms with van der Waals surface area (Å²) in [7, 11) is 0. The fraction of sp³-hybridized carbons (Fsp3) is 0.150. The Morgan fingerprint density at radius 1 is 1.00 bits per heavy atom. The molecule has 0 aliphatic heterocycles. The van der Waals surface area contributed by atoms with Crippen LogP contribution >= 0.6 is 11.8 Å². The van der Waals surface area contributed by atoms with Crippen molar-refractivity contribution in [3.8, 4) is 0 Å². The van der Waals surface area contributed by atoms with Crippen LogP contribution < -0.4 is 0 Å². The predicted octanol–water partition coefficient (Wildman–Crippen LogP) is 5.01. The van der Waals surface area contributed by atoms with Crippen LogP contribution in [0.3, 0.4) is 0 Å². The molecule has 3 aromatic rings. The first-order chi connectivity index (χ1) is 13.1. The van der Waals surface area contributed by atoms with E-state index < -0.39 is 0 Å². The predicted molar refractivity (Wildman–Crippen MR) is 102 cm³/mol. The quantitative estimate of drug-likeness (QED) is 0.336. The summed E-state index contributed by atoms with van der Waals surface area (Å²) in [6.07, 6.45) is 4.65. The molecule has 7 heteroatoms. The molecule has 0 aliphatic rings. The average Bonchev–Trinajstić information content (AvgIpc) is 3.13. The summed E-state index contributed by atoms with van der Waals surface area (Å²) in [5, 5.41) is 7.54. The lowest BCUT2D eigenvalue weighted by Gasteiger charge is -2.00. The van der Waals surface area contributed by atoms with Crippen molar-refractivity contribution in [3.63, 3.8) is 0 Å². The Balaban J connectivity index is 1.43. The van der Waals surface area contributed by atoms with Crippen molar-refractivity contribution in [3.05, 3.63) is 77.1 Å². The molecule has 0 saturated heterocycles. The number of rotatable bonds is 8. The number of carbonyl (C=O) groups excluding carboxylic acids is 1. The highest BCUT2D eigenvalue weighted by atomic mass is 32.2. The van der Waals surface area contributed by atoms with Gasteiger partial charge in [0.1, 0.15) is 17.5 Å². The highest BCUT2D eigenvalue weighted by Crippen LogP contribution is 2.16. The average molecular weight is 385 g/mol. The lowest BCUT2D eigenvalue weighted by atomic mass is 10.1. The molecule has 0 saturated carbocycles. The Morgan fingerprint density at radius 3 is 2.37 bits per heavy atom. The van der Waals surface area contributed by atoms with E-state index in [-0.39, 0.29) is 17.4 Å². The number of ketones is 1. The molecule has 0 amide bonds. The minimum Gasteiger partial charge on any atom is -0.294 e. The van der Waals surface area contributed by atoms with Gasteiger partial charge in [-0.25, -0.2) is 13.8 Å². The van der Waals surface area contributed by atoms with Crippen LogP contribution in [0.15, 0.2) is 53.7 Å². The van der Waals surface area contributed by atoms with Crippen LogP contribution in [0.4, 0.5) is 8.78 Å². The van der Waals surface area contributed by atoms with Gasteiger partial charge in [-0.3, -0.25) is 9.89 Å². The van der Waals surface area contributed by atoms with Gasteiger partial charge in [0, 0.05) is 17.7 Å². The van der Waals surface area contributed by atoms with Crippen LogP contribution in [0.1, 0.15) is 34.6 Å². The normalized spacial score (nSPS) is 11.2. The van der Waals surface area contributed by atoms with Gasteiger partial charge in [-0.1, -0.05) is 30.0 Å². The summed E-state index contributed by atoms with van der Waals surface area (Å²) in [4.78, 5) is 16.3. The van der Waals surface area contributed by atoms with Crippen LogP contribution in [-0.2, 0) is 0 Å². The zero-order valence-electron chi connectivity index (χ0n) is 14.4. The van der Waals surface area contributed by atoms with Gasteiger partial charge >= 0.3 is 0 Å². The third-order valence-electron chi connectivity index (χ3n) is 3.73. The third-order valence-corrected chi connectivity index (χ3v) is 4.66. The number of nitrogens with zero attached hydrogens (tertiary/aromatic N) is 2. The molecular formula is C20H17F2N3OS. The number of halogens is 2. The largest absolute Gasteiger partial charge is 0.294 e. The summed E-state index contributed by atoms with van der Waals surface area (Å²) >= 11 is 1.46. The van der Waals surface area contributed by atoms with Crippen LogP contribution in [0, 0.1) is 11.6 Å². The molecule has 0 unspecified atom stereocenters. The number of nitrogens with one attached hydrogen (secondary N) is 1. The number of H-pyrrole nitrogens is 1. The fourth-order valence-electron chi connectivity index (χ4n) is 2.32. The molecule has 138 valence electrons. The molecule has 4 nitrogen and oxygen atoms in total. The van der Waals surface area contributed by atoms with E-state index in [4.69, 9.17) is 0 Å². The Hall–Kier alpha value is -2.80. The number of aromatic amines is 1. The second kappa shape index (κ2) is 9.23. The van der Waals surface area contributed by atoms with E-state index in [1.807, 2.05) is 6.08 Å². The molecule has 0 spiro atoms. The van der Waals surface area contributed by atoms with Crippen LogP contribution in [0.25, 0.3) is 12.2 Å². The maximum atomic E-state index is 12.9. The highest BCUT2D eigenvalue weighted by Gasteiger charge is 2.07. The standard InChI is InChI=1S/C20H17F2N3OS/c21-16-8-3-14(4-9-16)5-12-19-23-20(25-24-19)27-13-1-2-18(26)15-6-10-17(22)11-7-15/h3-12H,1-2,13H2,(H,23,24,25)/b12-5+. The van der Waals surface area contributed by atoms with Crippen molar-refractivity contribution >= 4 is 29.7 Å². The Labute approximate surface area is 159 Å². The zero-order valence-corrected chi connectivity index (χ0v) is 15.2. The first-order valence-electron chi connectivity index (χ1n) is 8.38. The number of hydrogen-bond donors (Lipinski definition) is 1. The second-order valence-electron chi connectivity index (χ2n) is 5.77. The molecular weight excluding hydrogens is 368 g/mol. The van der Waals surface area contributed by atoms with Gasteiger partial charge in [-0.05, 0) is 54.5 Å². The van der Waals surface area contributed by atoms with E-state index in [1.54, 1.807) is 18.2 Å². The summed E-state index contributed by atoms with van der Waals surface area (Å²) in [6.45, 7) is 0. The molecule has 1 N–H and O–H groups in total. The number of hydrogen-bond acceptors (Lipinski definition) is 4. The van der Waals surface area contributed by atoms with E-state index >= 15 is 0 Å². The zero-order chi connectivity index (χ0) is 19.1. The second-order valence-corrected chi connectivity index (χ2v) is 6.83. The third kappa shape index (κ3) is 5.86. The summed E-state index contributed by atoms with van der Waals surface area (Å²) < 4.78 is 25.7. The van der Waals surface area contributed by atoms with Crippen LogP contribution in [0.2, 0.25) is 0 Å². The van der Waals surface area contributed by atoms with Crippen LogP contribution in [0.5, 0.6) is 0 Å². The number of thioether (sulfide) groups is 1. The van der Waals surface area contributed by atoms with Crippen molar-refractivity contribution < 1.29 is 13.6 Å². The molecule has 0 fully saturated rings. The van der Waals surface area contributed by atoms with Crippen LogP contribution in [-0.4, -0.2) is 26.7 Å². The molecule has 1 heterocycles. The fourth-order valence-corrected chi connectivity index (χ4v) is 3.07. The first-order valence-corrected chi connectivity index (χ1v) is 9.36. The molecule has 0 bridgehead atoms. The van der Waals surface area contributed by atoms with Gasteiger partial charge in [-0.2, -0.15) is 0 Å². The lowest BCUT2D eigenvalue weighted by Crippen LogP contribution is -1.99. The summed E-state index contributed by atoms with van der Waals surface area (Å²) in [5.41, 5.74) is 1.38. The highest BCUT2D eigenvalue weighted by molar-refractivity contribution is 7.99. The molecule has 3 rings (SSSR count). The minimum absolute atomic E-state index is 0.00601. The van der Waals surface area contributed by atoms with E-state index in [0.29, 0.717) is 35.1 Å². The Kier molecular flexibility index (Phi) is 6.49. The molecule has 1 aromatic heterocycles. The number of carbonyl (C=O) groups is 1.